The fourth-order valence-electron chi connectivity index (χ4n) is 2.09. The predicted molar refractivity (Wildman–Crippen MR) is 92.8 cm³/mol. The molecule has 128 valence electrons. The van der Waals surface area contributed by atoms with Gasteiger partial charge in [0.05, 0.1) is 10.0 Å². The van der Waals surface area contributed by atoms with Crippen LogP contribution < -0.4 is 15.6 Å². The van der Waals surface area contributed by atoms with Crippen LogP contribution in [0.1, 0.15) is 34.4 Å². The van der Waals surface area contributed by atoms with Crippen molar-refractivity contribution in [1.82, 2.24) is 10.9 Å². The third kappa shape index (κ3) is 4.38. The molecule has 0 saturated carbocycles. The lowest BCUT2D eigenvalue weighted by molar-refractivity contribution is -0.128. The third-order valence-corrected chi connectivity index (χ3v) is 3.96. The molecule has 2 amide bonds. The van der Waals surface area contributed by atoms with E-state index in [0.717, 1.165) is 10.0 Å². The quantitative estimate of drug-likeness (QED) is 0.780. The van der Waals surface area contributed by atoms with E-state index < -0.39 is 17.9 Å². The van der Waals surface area contributed by atoms with Gasteiger partial charge in [-0.25, -0.2) is 0 Å². The molecule has 0 saturated heterocycles. The molecule has 1 heterocycles. The summed E-state index contributed by atoms with van der Waals surface area (Å²) in [6, 6.07) is 7.17. The Morgan fingerprint density at radius 1 is 1.17 bits per heavy atom. The number of furan rings is 1. The van der Waals surface area contributed by atoms with Crippen molar-refractivity contribution in [1.29, 1.82) is 0 Å². The first-order valence-corrected chi connectivity index (χ1v) is 8.17. The highest BCUT2D eigenvalue weighted by Crippen LogP contribution is 2.26. The van der Waals surface area contributed by atoms with Crippen molar-refractivity contribution in [2.45, 2.75) is 33.8 Å². The molecule has 6 nitrogen and oxygen atoms in total. The zero-order valence-corrected chi connectivity index (χ0v) is 15.5. The molecular weight excluding hydrogens is 376 g/mol. The van der Waals surface area contributed by atoms with E-state index in [-0.39, 0.29) is 0 Å². The molecule has 1 aromatic carbocycles. The first kappa shape index (κ1) is 18.1. The molecule has 1 aromatic heterocycles. The average molecular weight is 395 g/mol. The van der Waals surface area contributed by atoms with Gasteiger partial charge in [-0.3, -0.25) is 20.4 Å². The van der Waals surface area contributed by atoms with Gasteiger partial charge in [-0.05, 0) is 67.4 Å². The number of carbonyl (C=O) groups excluding carboxylic acids is 2. The minimum atomic E-state index is -0.781. The molecule has 7 heteroatoms. The summed E-state index contributed by atoms with van der Waals surface area (Å²) < 4.78 is 11.6. The van der Waals surface area contributed by atoms with Crippen molar-refractivity contribution >= 4 is 27.7 Å². The van der Waals surface area contributed by atoms with Crippen LogP contribution >= 0.6 is 15.9 Å². The van der Waals surface area contributed by atoms with Gasteiger partial charge in [0.25, 0.3) is 11.8 Å². The van der Waals surface area contributed by atoms with Crippen molar-refractivity contribution in [2.24, 2.45) is 0 Å². The van der Waals surface area contributed by atoms with E-state index in [9.17, 15) is 9.59 Å². The summed E-state index contributed by atoms with van der Waals surface area (Å²) in [4.78, 5) is 24.1. The Morgan fingerprint density at radius 2 is 1.88 bits per heavy atom. The largest absolute Gasteiger partial charge is 0.480 e. The Labute approximate surface area is 148 Å². The standard InChI is InChI=1S/C17H19BrN2O4/c1-9-5-6-15(14(18)7-9)24-12(4)16(21)19-20-17(22)13-8-10(2)23-11(13)3/h5-8,12H,1-4H3,(H,19,21)(H,20,22)/t12-/m1/s1. The Morgan fingerprint density at radius 3 is 2.46 bits per heavy atom. The molecule has 0 bridgehead atoms. The van der Waals surface area contributed by atoms with Gasteiger partial charge in [0, 0.05) is 0 Å². The molecule has 2 rings (SSSR count). The summed E-state index contributed by atoms with van der Waals surface area (Å²) in [5, 5.41) is 0. The van der Waals surface area contributed by atoms with Gasteiger partial charge < -0.3 is 9.15 Å². The SMILES string of the molecule is Cc1ccc(O[C@H](C)C(=O)NNC(=O)c2cc(C)oc2C)c(Br)c1. The van der Waals surface area contributed by atoms with E-state index in [0.29, 0.717) is 22.8 Å². The second-order valence-electron chi connectivity index (χ2n) is 5.46. The molecule has 24 heavy (non-hydrogen) atoms. The number of hydrogen-bond acceptors (Lipinski definition) is 4. The van der Waals surface area contributed by atoms with Crippen LogP contribution in [-0.4, -0.2) is 17.9 Å². The second kappa shape index (κ2) is 7.53. The zero-order chi connectivity index (χ0) is 17.9. The molecule has 0 radical (unpaired) electrons. The van der Waals surface area contributed by atoms with Crippen LogP contribution in [0.2, 0.25) is 0 Å². The molecule has 0 fully saturated rings. The van der Waals surface area contributed by atoms with Crippen molar-refractivity contribution < 1.29 is 18.7 Å². The molecule has 0 aliphatic heterocycles. The molecular formula is C17H19BrN2O4. The lowest BCUT2D eigenvalue weighted by Gasteiger charge is -2.16. The Hall–Kier alpha value is -2.28. The molecule has 0 aliphatic carbocycles. The topological polar surface area (TPSA) is 80.6 Å². The lowest BCUT2D eigenvalue weighted by atomic mass is 10.2. The number of carbonyl (C=O) groups is 2. The molecule has 0 aliphatic rings. The first-order valence-electron chi connectivity index (χ1n) is 7.38. The van der Waals surface area contributed by atoms with Crippen LogP contribution in [0.5, 0.6) is 5.75 Å². The number of halogens is 1. The summed E-state index contributed by atoms with van der Waals surface area (Å²) in [6.45, 7) is 6.99. The van der Waals surface area contributed by atoms with Crippen LogP contribution in [0.25, 0.3) is 0 Å². The summed E-state index contributed by atoms with van der Waals surface area (Å²) in [6.07, 6.45) is -0.781. The number of hydrogen-bond donors (Lipinski definition) is 2. The van der Waals surface area contributed by atoms with Crippen LogP contribution in [0.4, 0.5) is 0 Å². The van der Waals surface area contributed by atoms with Gasteiger partial charge in [0.2, 0.25) is 0 Å². The number of benzene rings is 1. The second-order valence-corrected chi connectivity index (χ2v) is 6.32. The van der Waals surface area contributed by atoms with E-state index in [2.05, 4.69) is 26.8 Å². The predicted octanol–water partition coefficient (Wildman–Crippen LogP) is 3.20. The maximum Gasteiger partial charge on any atom is 0.279 e. The Kier molecular flexibility index (Phi) is 5.66. The minimum Gasteiger partial charge on any atom is -0.480 e. The highest BCUT2D eigenvalue weighted by atomic mass is 79.9. The zero-order valence-electron chi connectivity index (χ0n) is 13.9. The average Bonchev–Trinajstić information content (AvgIpc) is 2.85. The fourth-order valence-corrected chi connectivity index (χ4v) is 2.68. The van der Waals surface area contributed by atoms with Crippen LogP contribution in [0.15, 0.2) is 33.2 Å². The minimum absolute atomic E-state index is 0.377. The van der Waals surface area contributed by atoms with Gasteiger partial charge in [-0.15, -0.1) is 0 Å². The number of ether oxygens (including phenoxy) is 1. The normalized spacial score (nSPS) is 11.7. The molecule has 0 spiro atoms. The summed E-state index contributed by atoms with van der Waals surface area (Å²) >= 11 is 3.39. The summed E-state index contributed by atoms with van der Waals surface area (Å²) in [5.41, 5.74) is 6.15. The summed E-state index contributed by atoms with van der Waals surface area (Å²) in [7, 11) is 0. The molecule has 2 N–H and O–H groups in total. The molecule has 1 atom stereocenters. The smallest absolute Gasteiger partial charge is 0.279 e. The molecule has 0 unspecified atom stereocenters. The van der Waals surface area contributed by atoms with Crippen molar-refractivity contribution in [3.8, 4) is 5.75 Å². The van der Waals surface area contributed by atoms with E-state index in [1.54, 1.807) is 32.9 Å². The van der Waals surface area contributed by atoms with Crippen molar-refractivity contribution in [3.05, 3.63) is 51.4 Å². The number of rotatable bonds is 4. The van der Waals surface area contributed by atoms with E-state index in [1.165, 1.54) is 0 Å². The monoisotopic (exact) mass is 394 g/mol. The number of aryl methyl sites for hydroxylation is 3. The van der Waals surface area contributed by atoms with Crippen LogP contribution in [-0.2, 0) is 4.79 Å². The third-order valence-electron chi connectivity index (χ3n) is 3.35. The Bertz CT molecular complexity index is 770. The Balaban J connectivity index is 1.92. The lowest BCUT2D eigenvalue weighted by Crippen LogP contribution is -2.47. The highest BCUT2D eigenvalue weighted by molar-refractivity contribution is 9.10. The highest BCUT2D eigenvalue weighted by Gasteiger charge is 2.18. The number of hydrazine groups is 1. The van der Waals surface area contributed by atoms with Gasteiger partial charge in [-0.2, -0.15) is 0 Å². The van der Waals surface area contributed by atoms with Crippen molar-refractivity contribution in [3.63, 3.8) is 0 Å². The molecule has 2 aromatic rings. The summed E-state index contributed by atoms with van der Waals surface area (Å²) in [5.74, 6) is 0.767. The number of nitrogens with one attached hydrogen (secondary N) is 2. The van der Waals surface area contributed by atoms with E-state index in [4.69, 9.17) is 9.15 Å². The van der Waals surface area contributed by atoms with Crippen LogP contribution in [0, 0.1) is 20.8 Å². The maximum atomic E-state index is 12.1. The van der Waals surface area contributed by atoms with Crippen molar-refractivity contribution in [2.75, 3.05) is 0 Å². The number of amides is 2. The van der Waals surface area contributed by atoms with Crippen LogP contribution in [0.3, 0.4) is 0 Å². The van der Waals surface area contributed by atoms with Gasteiger partial charge >= 0.3 is 0 Å². The van der Waals surface area contributed by atoms with Gasteiger partial charge in [-0.1, -0.05) is 6.07 Å². The fraction of sp³-hybridized carbons (Fsp3) is 0.294. The van der Waals surface area contributed by atoms with Gasteiger partial charge in [0.1, 0.15) is 17.3 Å². The van der Waals surface area contributed by atoms with Gasteiger partial charge in [0.15, 0.2) is 6.10 Å². The first-order chi connectivity index (χ1) is 11.3. The van der Waals surface area contributed by atoms with E-state index >= 15 is 0 Å². The maximum absolute atomic E-state index is 12.1. The van der Waals surface area contributed by atoms with E-state index in [1.807, 2.05) is 19.1 Å².